The summed E-state index contributed by atoms with van der Waals surface area (Å²) in [6.07, 6.45) is 5.31. The Morgan fingerprint density at radius 2 is 2.16 bits per heavy atom. The molecule has 1 aromatic heterocycles. The molecule has 0 amide bonds. The smallest absolute Gasteiger partial charge is 0.0534 e. The van der Waals surface area contributed by atoms with Gasteiger partial charge in [0.1, 0.15) is 0 Å². The maximum Gasteiger partial charge on any atom is 0.0534 e. The van der Waals surface area contributed by atoms with E-state index in [1.165, 1.54) is 12.0 Å². The van der Waals surface area contributed by atoms with Crippen LogP contribution in [0.25, 0.3) is 0 Å². The molecule has 0 spiro atoms. The predicted octanol–water partition coefficient (Wildman–Crippen LogP) is 2.02. The van der Waals surface area contributed by atoms with Gasteiger partial charge in [-0.15, -0.1) is 0 Å². The van der Waals surface area contributed by atoms with Crippen LogP contribution >= 0.6 is 0 Å². The fourth-order valence-electron chi connectivity index (χ4n) is 2.97. The molecule has 2 atom stereocenters. The highest BCUT2D eigenvalue weighted by Gasteiger charge is 2.34. The third kappa shape index (κ3) is 3.57. The zero-order valence-corrected chi connectivity index (χ0v) is 13.0. The van der Waals surface area contributed by atoms with Gasteiger partial charge in [-0.25, -0.2) is 0 Å². The molecule has 19 heavy (non-hydrogen) atoms. The van der Waals surface area contributed by atoms with Crippen LogP contribution in [0, 0.1) is 5.41 Å². The number of hydrogen-bond donors (Lipinski definition) is 1. The number of piperazine rings is 1. The van der Waals surface area contributed by atoms with E-state index in [0.29, 0.717) is 17.5 Å². The van der Waals surface area contributed by atoms with E-state index in [9.17, 15) is 0 Å². The second kappa shape index (κ2) is 5.63. The number of rotatable bonds is 3. The standard InChI is InChI=1S/C15H28N4/c1-6-13-11-19(10-12-7-17-18(5)9-12)14(8-16-13)15(2,3)4/h7,9,13-14,16H,6,8,10-11H2,1-5H3. The lowest BCUT2D eigenvalue weighted by atomic mass is 9.83. The minimum absolute atomic E-state index is 0.300. The average Bonchev–Trinajstić information content (AvgIpc) is 2.73. The summed E-state index contributed by atoms with van der Waals surface area (Å²) in [6.45, 7) is 12.5. The highest BCUT2D eigenvalue weighted by atomic mass is 15.3. The minimum atomic E-state index is 0.300. The summed E-state index contributed by atoms with van der Waals surface area (Å²) >= 11 is 0. The SMILES string of the molecule is CCC1CN(Cc2cnn(C)c2)C(C(C)(C)C)CN1. The van der Waals surface area contributed by atoms with Gasteiger partial charge in [0.25, 0.3) is 0 Å². The van der Waals surface area contributed by atoms with Crippen molar-refractivity contribution in [3.63, 3.8) is 0 Å². The lowest BCUT2D eigenvalue weighted by Gasteiger charge is -2.46. The zero-order chi connectivity index (χ0) is 14.0. The zero-order valence-electron chi connectivity index (χ0n) is 13.0. The summed E-state index contributed by atoms with van der Waals surface area (Å²) in [5, 5.41) is 7.97. The van der Waals surface area contributed by atoms with E-state index in [2.05, 4.69) is 49.2 Å². The van der Waals surface area contributed by atoms with E-state index < -0.39 is 0 Å². The summed E-state index contributed by atoms with van der Waals surface area (Å²) in [4.78, 5) is 2.63. The van der Waals surface area contributed by atoms with Crippen molar-refractivity contribution >= 4 is 0 Å². The Kier molecular flexibility index (Phi) is 4.31. The van der Waals surface area contributed by atoms with Gasteiger partial charge in [-0.05, 0) is 11.8 Å². The van der Waals surface area contributed by atoms with Crippen LogP contribution in [0.1, 0.15) is 39.7 Å². The van der Waals surface area contributed by atoms with Crippen LogP contribution in [0.3, 0.4) is 0 Å². The number of hydrogen-bond acceptors (Lipinski definition) is 3. The van der Waals surface area contributed by atoms with Crippen LogP contribution < -0.4 is 5.32 Å². The van der Waals surface area contributed by atoms with Gasteiger partial charge >= 0.3 is 0 Å². The lowest BCUT2D eigenvalue weighted by molar-refractivity contribution is 0.0485. The molecule has 2 heterocycles. The first-order valence-electron chi connectivity index (χ1n) is 7.35. The van der Waals surface area contributed by atoms with E-state index in [0.717, 1.165) is 19.6 Å². The van der Waals surface area contributed by atoms with Gasteiger partial charge in [0, 0.05) is 50.5 Å². The fourth-order valence-corrected chi connectivity index (χ4v) is 2.97. The Hall–Kier alpha value is -0.870. The Balaban J connectivity index is 2.11. The molecule has 4 heteroatoms. The highest BCUT2D eigenvalue weighted by molar-refractivity contribution is 5.05. The molecule has 2 unspecified atom stereocenters. The molecule has 2 rings (SSSR count). The molecule has 108 valence electrons. The molecule has 1 aromatic rings. The van der Waals surface area contributed by atoms with E-state index >= 15 is 0 Å². The van der Waals surface area contributed by atoms with Crippen molar-refractivity contribution in [3.05, 3.63) is 18.0 Å². The van der Waals surface area contributed by atoms with Gasteiger partial charge in [0.05, 0.1) is 6.20 Å². The topological polar surface area (TPSA) is 33.1 Å². The minimum Gasteiger partial charge on any atom is -0.311 e. The second-order valence-electron chi connectivity index (χ2n) is 6.85. The van der Waals surface area contributed by atoms with Gasteiger partial charge in [-0.3, -0.25) is 9.58 Å². The molecule has 0 saturated carbocycles. The van der Waals surface area contributed by atoms with E-state index in [4.69, 9.17) is 0 Å². The third-order valence-electron chi connectivity index (χ3n) is 4.13. The van der Waals surface area contributed by atoms with Crippen molar-refractivity contribution in [2.24, 2.45) is 12.5 Å². The van der Waals surface area contributed by atoms with Gasteiger partial charge in [-0.1, -0.05) is 27.7 Å². The molecule has 0 aromatic carbocycles. The Bertz CT molecular complexity index is 405. The molecule has 0 radical (unpaired) electrons. The van der Waals surface area contributed by atoms with Crippen molar-refractivity contribution in [2.45, 2.75) is 52.7 Å². The van der Waals surface area contributed by atoms with Crippen LogP contribution in [-0.2, 0) is 13.6 Å². The molecule has 4 nitrogen and oxygen atoms in total. The van der Waals surface area contributed by atoms with Gasteiger partial charge in [-0.2, -0.15) is 5.10 Å². The van der Waals surface area contributed by atoms with Crippen LogP contribution in [0.4, 0.5) is 0 Å². The summed E-state index contributed by atoms with van der Waals surface area (Å²) in [5.41, 5.74) is 1.61. The number of aromatic nitrogens is 2. The van der Waals surface area contributed by atoms with Gasteiger partial charge in [0.2, 0.25) is 0 Å². The van der Waals surface area contributed by atoms with Crippen LogP contribution in [0.15, 0.2) is 12.4 Å². The molecule has 1 saturated heterocycles. The van der Waals surface area contributed by atoms with Crippen LogP contribution in [0.5, 0.6) is 0 Å². The summed E-state index contributed by atoms with van der Waals surface area (Å²) in [5.74, 6) is 0. The lowest BCUT2D eigenvalue weighted by Crippen LogP contribution is -2.59. The van der Waals surface area contributed by atoms with Crippen LogP contribution in [-0.4, -0.2) is 39.9 Å². The maximum absolute atomic E-state index is 4.28. The second-order valence-corrected chi connectivity index (χ2v) is 6.85. The van der Waals surface area contributed by atoms with Crippen LogP contribution in [0.2, 0.25) is 0 Å². The van der Waals surface area contributed by atoms with E-state index in [1.54, 1.807) is 0 Å². The van der Waals surface area contributed by atoms with Crippen molar-refractivity contribution in [3.8, 4) is 0 Å². The quantitative estimate of drug-likeness (QED) is 0.906. The summed E-state index contributed by atoms with van der Waals surface area (Å²) in [6, 6.07) is 1.20. The fraction of sp³-hybridized carbons (Fsp3) is 0.800. The average molecular weight is 264 g/mol. The first-order chi connectivity index (χ1) is 8.90. The maximum atomic E-state index is 4.28. The Labute approximate surface area is 117 Å². The normalized spacial score (nSPS) is 25.7. The monoisotopic (exact) mass is 264 g/mol. The van der Waals surface area contributed by atoms with E-state index in [-0.39, 0.29) is 0 Å². The molecule has 1 fully saturated rings. The van der Waals surface area contributed by atoms with Gasteiger partial charge < -0.3 is 5.32 Å². The highest BCUT2D eigenvalue weighted by Crippen LogP contribution is 2.28. The predicted molar refractivity (Wildman–Crippen MR) is 78.9 cm³/mol. The summed E-state index contributed by atoms with van der Waals surface area (Å²) < 4.78 is 1.89. The Morgan fingerprint density at radius 3 is 2.68 bits per heavy atom. The molecule has 1 N–H and O–H groups in total. The molecule has 1 aliphatic rings. The first-order valence-corrected chi connectivity index (χ1v) is 7.35. The third-order valence-corrected chi connectivity index (χ3v) is 4.13. The van der Waals surface area contributed by atoms with Crippen molar-refractivity contribution in [1.29, 1.82) is 0 Å². The first kappa shape index (κ1) is 14.5. The number of aryl methyl sites for hydroxylation is 1. The molecular formula is C15H28N4. The summed E-state index contributed by atoms with van der Waals surface area (Å²) in [7, 11) is 1.98. The number of nitrogens with one attached hydrogen (secondary N) is 1. The Morgan fingerprint density at radius 1 is 1.42 bits per heavy atom. The largest absolute Gasteiger partial charge is 0.311 e. The van der Waals surface area contributed by atoms with Gasteiger partial charge in [0.15, 0.2) is 0 Å². The molecular weight excluding hydrogens is 236 g/mol. The number of nitrogens with zero attached hydrogens (tertiary/aromatic N) is 3. The van der Waals surface area contributed by atoms with Crippen molar-refractivity contribution < 1.29 is 0 Å². The molecule has 0 aliphatic carbocycles. The van der Waals surface area contributed by atoms with Crippen molar-refractivity contribution in [1.82, 2.24) is 20.0 Å². The molecule has 1 aliphatic heterocycles. The van der Waals surface area contributed by atoms with Crippen molar-refractivity contribution in [2.75, 3.05) is 13.1 Å². The molecule has 0 bridgehead atoms. The van der Waals surface area contributed by atoms with E-state index in [1.807, 2.05) is 17.9 Å².